The van der Waals surface area contributed by atoms with Crippen molar-refractivity contribution in [2.45, 2.75) is 13.5 Å². The van der Waals surface area contributed by atoms with Crippen LogP contribution in [0.15, 0.2) is 24.3 Å². The van der Waals surface area contributed by atoms with E-state index in [-0.39, 0.29) is 16.4 Å². The van der Waals surface area contributed by atoms with E-state index in [0.29, 0.717) is 6.54 Å². The number of nitrogens with one attached hydrogen (secondary N) is 1. The Morgan fingerprint density at radius 2 is 2.21 bits per heavy atom. The van der Waals surface area contributed by atoms with Crippen molar-refractivity contribution in [1.82, 2.24) is 0 Å². The van der Waals surface area contributed by atoms with Crippen LogP contribution >= 0.6 is 22.9 Å². The summed E-state index contributed by atoms with van der Waals surface area (Å²) >= 11 is 7.23. The zero-order valence-electron chi connectivity index (χ0n) is 9.94. The first kappa shape index (κ1) is 13.8. The van der Waals surface area contributed by atoms with Crippen LogP contribution in [0, 0.1) is 22.9 Å². The molecule has 100 valence electrons. The zero-order valence-corrected chi connectivity index (χ0v) is 11.5. The molecule has 0 bridgehead atoms. The smallest absolute Gasteiger partial charge is 0.295 e. The summed E-state index contributed by atoms with van der Waals surface area (Å²) in [6, 6.07) is 5.96. The van der Waals surface area contributed by atoms with Crippen molar-refractivity contribution in [1.29, 1.82) is 0 Å². The highest BCUT2D eigenvalue weighted by Crippen LogP contribution is 2.31. The molecule has 0 unspecified atom stereocenters. The molecule has 0 spiro atoms. The van der Waals surface area contributed by atoms with Gasteiger partial charge in [0.05, 0.1) is 16.0 Å². The van der Waals surface area contributed by atoms with Crippen LogP contribution in [0.2, 0.25) is 5.02 Å². The molecule has 0 aliphatic rings. The first-order chi connectivity index (χ1) is 8.97. The molecule has 1 N–H and O–H groups in total. The molecule has 4 nitrogen and oxygen atoms in total. The van der Waals surface area contributed by atoms with Crippen LogP contribution in [-0.2, 0) is 6.54 Å². The normalized spacial score (nSPS) is 10.5. The number of aryl methyl sites for hydroxylation is 1. The molecule has 2 aromatic rings. The third-order valence-electron chi connectivity index (χ3n) is 2.48. The van der Waals surface area contributed by atoms with Gasteiger partial charge in [-0.25, -0.2) is 4.39 Å². The molecule has 0 saturated heterocycles. The van der Waals surface area contributed by atoms with Gasteiger partial charge in [0.2, 0.25) is 0 Å². The highest BCUT2D eigenvalue weighted by molar-refractivity contribution is 7.11. The molecule has 19 heavy (non-hydrogen) atoms. The quantitative estimate of drug-likeness (QED) is 0.674. The number of anilines is 1. The molecule has 1 aromatic heterocycles. The van der Waals surface area contributed by atoms with E-state index in [1.54, 1.807) is 11.3 Å². The molecule has 0 atom stereocenters. The van der Waals surface area contributed by atoms with E-state index in [9.17, 15) is 14.5 Å². The number of nitrogens with zero attached hydrogens (tertiary/aromatic N) is 1. The average Bonchev–Trinajstić information content (AvgIpc) is 2.76. The highest BCUT2D eigenvalue weighted by Gasteiger charge is 2.17. The van der Waals surface area contributed by atoms with Gasteiger partial charge in [0, 0.05) is 16.3 Å². The van der Waals surface area contributed by atoms with Crippen LogP contribution in [0.5, 0.6) is 0 Å². The minimum atomic E-state index is -0.800. The topological polar surface area (TPSA) is 55.2 Å². The number of halogens is 2. The highest BCUT2D eigenvalue weighted by atomic mass is 35.5. The minimum Gasteiger partial charge on any atom is -0.375 e. The third kappa shape index (κ3) is 3.21. The fourth-order valence-electron chi connectivity index (χ4n) is 1.59. The number of benzene rings is 1. The maximum Gasteiger partial charge on any atom is 0.295 e. The molecular weight excluding hydrogens is 291 g/mol. The third-order valence-corrected chi connectivity index (χ3v) is 3.77. The second-order valence-electron chi connectivity index (χ2n) is 3.91. The summed E-state index contributed by atoms with van der Waals surface area (Å²) in [4.78, 5) is 12.4. The predicted octanol–water partition coefficient (Wildman–Crippen LogP) is 4.37. The fourth-order valence-corrected chi connectivity index (χ4v) is 2.59. The lowest BCUT2D eigenvalue weighted by Gasteiger charge is -2.07. The maximum atomic E-state index is 13.2. The molecule has 2 rings (SSSR count). The Bertz CT molecular complexity index is 630. The van der Waals surface area contributed by atoms with Gasteiger partial charge in [-0.15, -0.1) is 11.3 Å². The van der Waals surface area contributed by atoms with Crippen molar-refractivity contribution < 1.29 is 9.31 Å². The van der Waals surface area contributed by atoms with Crippen molar-refractivity contribution in [3.8, 4) is 0 Å². The van der Waals surface area contributed by atoms with Crippen molar-refractivity contribution in [2.75, 3.05) is 5.32 Å². The van der Waals surface area contributed by atoms with Gasteiger partial charge in [0.15, 0.2) is 0 Å². The zero-order chi connectivity index (χ0) is 14.0. The molecule has 7 heteroatoms. The molecule has 1 aromatic carbocycles. The van der Waals surface area contributed by atoms with Crippen LogP contribution in [0.3, 0.4) is 0 Å². The van der Waals surface area contributed by atoms with Crippen molar-refractivity contribution in [3.63, 3.8) is 0 Å². The summed E-state index contributed by atoms with van der Waals surface area (Å²) in [5, 5.41) is 13.6. The van der Waals surface area contributed by atoms with E-state index in [1.807, 2.05) is 19.1 Å². The van der Waals surface area contributed by atoms with Gasteiger partial charge in [-0.3, -0.25) is 10.1 Å². The van der Waals surface area contributed by atoms with Gasteiger partial charge in [0.1, 0.15) is 11.5 Å². The van der Waals surface area contributed by atoms with Crippen LogP contribution in [-0.4, -0.2) is 4.92 Å². The van der Waals surface area contributed by atoms with Crippen LogP contribution in [0.25, 0.3) is 0 Å². The summed E-state index contributed by atoms with van der Waals surface area (Å²) < 4.78 is 13.2. The number of nitro groups is 1. The van der Waals surface area contributed by atoms with E-state index in [2.05, 4.69) is 5.32 Å². The Balaban J connectivity index is 2.23. The van der Waals surface area contributed by atoms with Crippen LogP contribution < -0.4 is 5.32 Å². The first-order valence-electron chi connectivity index (χ1n) is 5.40. The Labute approximate surface area is 118 Å². The largest absolute Gasteiger partial charge is 0.375 e. The summed E-state index contributed by atoms with van der Waals surface area (Å²) in [7, 11) is 0. The van der Waals surface area contributed by atoms with Crippen LogP contribution in [0.4, 0.5) is 15.8 Å². The molecular formula is C12H10ClFN2O2S. The van der Waals surface area contributed by atoms with Gasteiger partial charge in [0.25, 0.3) is 5.69 Å². The lowest BCUT2D eigenvalue weighted by atomic mass is 10.2. The summed E-state index contributed by atoms with van der Waals surface area (Å²) in [5.74, 6) is -0.800. The van der Waals surface area contributed by atoms with Gasteiger partial charge in [-0.05, 0) is 25.1 Å². The number of thiophene rings is 1. The van der Waals surface area contributed by atoms with Gasteiger partial charge in [-0.1, -0.05) is 11.6 Å². The van der Waals surface area contributed by atoms with E-state index < -0.39 is 10.7 Å². The second-order valence-corrected chi connectivity index (χ2v) is 5.69. The molecule has 0 radical (unpaired) electrons. The van der Waals surface area contributed by atoms with Crippen molar-refractivity contribution in [2.24, 2.45) is 0 Å². The summed E-state index contributed by atoms with van der Waals surface area (Å²) in [5.41, 5.74) is -0.113. The van der Waals surface area contributed by atoms with Gasteiger partial charge < -0.3 is 5.32 Å². The first-order valence-corrected chi connectivity index (χ1v) is 6.59. The van der Waals surface area contributed by atoms with Crippen LogP contribution in [0.1, 0.15) is 9.75 Å². The Hall–Kier alpha value is -1.66. The molecule has 0 aliphatic heterocycles. The Morgan fingerprint density at radius 1 is 1.47 bits per heavy atom. The van der Waals surface area contributed by atoms with Gasteiger partial charge in [-0.2, -0.15) is 0 Å². The molecule has 0 amide bonds. The SMILES string of the molecule is Cc1ccc(CNc2cc(Cl)c(F)cc2[N+](=O)[O-])s1. The lowest BCUT2D eigenvalue weighted by molar-refractivity contribution is -0.384. The number of nitro benzene ring substituents is 1. The molecule has 0 aliphatic carbocycles. The van der Waals surface area contributed by atoms with E-state index >= 15 is 0 Å². The summed E-state index contributed by atoms with van der Waals surface area (Å²) in [6.45, 7) is 2.41. The minimum absolute atomic E-state index is 0.143. The second kappa shape index (κ2) is 5.54. The molecule has 0 fully saturated rings. The van der Waals surface area contributed by atoms with Gasteiger partial charge >= 0.3 is 0 Å². The van der Waals surface area contributed by atoms with E-state index in [4.69, 9.17) is 11.6 Å². The summed E-state index contributed by atoms with van der Waals surface area (Å²) in [6.07, 6.45) is 0. The maximum absolute atomic E-state index is 13.2. The van der Waals surface area contributed by atoms with E-state index in [1.165, 1.54) is 6.07 Å². The standard InChI is InChI=1S/C12H10ClFN2O2S/c1-7-2-3-8(19-7)6-15-11-4-9(13)10(14)5-12(11)16(17)18/h2-5,15H,6H2,1H3. The van der Waals surface area contributed by atoms with Crippen molar-refractivity contribution in [3.05, 3.63) is 55.0 Å². The predicted molar refractivity (Wildman–Crippen MR) is 74.4 cm³/mol. The average molecular weight is 301 g/mol. The lowest BCUT2D eigenvalue weighted by Crippen LogP contribution is -2.02. The number of hydrogen-bond acceptors (Lipinski definition) is 4. The Morgan fingerprint density at radius 3 is 2.79 bits per heavy atom. The van der Waals surface area contributed by atoms with E-state index in [0.717, 1.165) is 15.8 Å². The fraction of sp³-hybridized carbons (Fsp3) is 0.167. The monoisotopic (exact) mass is 300 g/mol. The molecule has 0 saturated carbocycles. The van der Waals surface area contributed by atoms with Crippen molar-refractivity contribution >= 4 is 34.3 Å². The number of hydrogen-bond donors (Lipinski definition) is 1. The Kier molecular flexibility index (Phi) is 4.01. The number of rotatable bonds is 4. The molecule has 1 heterocycles.